The minimum atomic E-state index is -3.20. The summed E-state index contributed by atoms with van der Waals surface area (Å²) >= 11 is 0. The summed E-state index contributed by atoms with van der Waals surface area (Å²) in [6.45, 7) is 0.242. The predicted octanol–water partition coefficient (Wildman–Crippen LogP) is 0.0617. The second kappa shape index (κ2) is 6.53. The number of hydrogen-bond donors (Lipinski definition) is 2. The first-order chi connectivity index (χ1) is 8.79. The van der Waals surface area contributed by atoms with Gasteiger partial charge in [0, 0.05) is 18.7 Å². The van der Waals surface area contributed by atoms with Gasteiger partial charge in [0.1, 0.15) is 12.4 Å². The molecule has 0 fully saturated rings. The third-order valence-electron chi connectivity index (χ3n) is 2.48. The maximum Gasteiger partial charge on any atom is 0.217 e. The summed E-state index contributed by atoms with van der Waals surface area (Å²) in [6.07, 6.45) is 1.82. The first-order valence-corrected chi connectivity index (χ1v) is 7.65. The van der Waals surface area contributed by atoms with Crippen molar-refractivity contribution in [1.82, 2.24) is 0 Å². The number of nitrogens with two attached hydrogens (primary N) is 2. The number of primary amides is 1. The molecule has 0 radical (unpaired) electrons. The summed E-state index contributed by atoms with van der Waals surface area (Å²) in [6, 6.07) is 5.79. The number of carbonyl (C=O) groups is 1. The number of rotatable bonds is 7. The van der Waals surface area contributed by atoms with Gasteiger partial charge in [-0.05, 0) is 30.7 Å². The van der Waals surface area contributed by atoms with Crippen LogP contribution in [0.15, 0.2) is 29.2 Å². The molecule has 0 heterocycles. The summed E-state index contributed by atoms with van der Waals surface area (Å²) in [5.41, 5.74) is 10.8. The van der Waals surface area contributed by atoms with E-state index in [1.807, 2.05) is 0 Å². The highest BCUT2D eigenvalue weighted by molar-refractivity contribution is 7.90. The molecular formula is C12H18N2O4S. The third-order valence-corrected chi connectivity index (χ3v) is 3.61. The van der Waals surface area contributed by atoms with Crippen LogP contribution in [0.5, 0.6) is 5.75 Å². The minimum Gasteiger partial charge on any atom is -0.492 e. The maximum absolute atomic E-state index is 11.3. The van der Waals surface area contributed by atoms with Crippen LogP contribution in [0.3, 0.4) is 0 Å². The van der Waals surface area contributed by atoms with Gasteiger partial charge in [-0.3, -0.25) is 4.79 Å². The normalized spacial score (nSPS) is 12.9. The highest BCUT2D eigenvalue weighted by Crippen LogP contribution is 2.16. The van der Waals surface area contributed by atoms with E-state index in [1.54, 1.807) is 12.1 Å². The van der Waals surface area contributed by atoms with Gasteiger partial charge in [-0.2, -0.15) is 0 Å². The van der Waals surface area contributed by atoms with Crippen LogP contribution in [0, 0.1) is 0 Å². The number of hydrogen-bond acceptors (Lipinski definition) is 5. The SMILES string of the molecule is CS(=O)(=O)c1ccc(OCC(N)CCC(N)=O)cc1. The zero-order chi connectivity index (χ0) is 14.5. The van der Waals surface area contributed by atoms with E-state index in [-0.39, 0.29) is 24.0 Å². The van der Waals surface area contributed by atoms with E-state index >= 15 is 0 Å². The Morgan fingerprint density at radius 1 is 1.32 bits per heavy atom. The summed E-state index contributed by atoms with van der Waals surface area (Å²) in [5.74, 6) is 0.134. The molecule has 1 aromatic carbocycles. The smallest absolute Gasteiger partial charge is 0.217 e. The number of carbonyl (C=O) groups excluding carboxylic acids is 1. The summed E-state index contributed by atoms with van der Waals surface area (Å²) < 4.78 is 27.9. The highest BCUT2D eigenvalue weighted by Gasteiger charge is 2.08. The molecule has 6 nitrogen and oxygen atoms in total. The lowest BCUT2D eigenvalue weighted by atomic mass is 10.2. The molecule has 0 saturated carbocycles. The molecule has 0 aliphatic rings. The largest absolute Gasteiger partial charge is 0.492 e. The molecule has 0 spiro atoms. The molecule has 0 aliphatic carbocycles. The lowest BCUT2D eigenvalue weighted by Gasteiger charge is -2.12. The average Bonchev–Trinajstić information content (AvgIpc) is 2.33. The van der Waals surface area contributed by atoms with Crippen LogP contribution in [0.2, 0.25) is 0 Å². The number of amides is 1. The van der Waals surface area contributed by atoms with Crippen LogP contribution in [0.4, 0.5) is 0 Å². The monoisotopic (exact) mass is 286 g/mol. The van der Waals surface area contributed by atoms with E-state index in [0.29, 0.717) is 12.2 Å². The molecule has 4 N–H and O–H groups in total. The summed E-state index contributed by atoms with van der Waals surface area (Å²) in [7, 11) is -3.20. The van der Waals surface area contributed by atoms with Crippen LogP contribution in [0.25, 0.3) is 0 Å². The van der Waals surface area contributed by atoms with Crippen molar-refractivity contribution in [3.63, 3.8) is 0 Å². The zero-order valence-corrected chi connectivity index (χ0v) is 11.5. The lowest BCUT2D eigenvalue weighted by Crippen LogP contribution is -2.29. The number of sulfone groups is 1. The molecule has 0 saturated heterocycles. The second-order valence-corrected chi connectivity index (χ2v) is 6.34. The molecule has 1 unspecified atom stereocenters. The van der Waals surface area contributed by atoms with E-state index in [2.05, 4.69) is 0 Å². The lowest BCUT2D eigenvalue weighted by molar-refractivity contribution is -0.118. The summed E-state index contributed by atoms with van der Waals surface area (Å²) in [5, 5.41) is 0. The van der Waals surface area contributed by atoms with Gasteiger partial charge in [0.25, 0.3) is 0 Å². The fourth-order valence-electron chi connectivity index (χ4n) is 1.40. The Balaban J connectivity index is 2.48. The van der Waals surface area contributed by atoms with Crippen LogP contribution in [0.1, 0.15) is 12.8 Å². The highest BCUT2D eigenvalue weighted by atomic mass is 32.2. The third kappa shape index (κ3) is 5.71. The van der Waals surface area contributed by atoms with Crippen molar-refractivity contribution in [2.75, 3.05) is 12.9 Å². The molecule has 1 aromatic rings. The van der Waals surface area contributed by atoms with Crippen molar-refractivity contribution >= 4 is 15.7 Å². The average molecular weight is 286 g/mol. The Bertz CT molecular complexity index is 525. The first kappa shape index (κ1) is 15.5. The predicted molar refractivity (Wildman–Crippen MR) is 71.5 cm³/mol. The van der Waals surface area contributed by atoms with E-state index in [1.165, 1.54) is 12.1 Å². The molecule has 0 bridgehead atoms. The van der Waals surface area contributed by atoms with Gasteiger partial charge >= 0.3 is 0 Å². The zero-order valence-electron chi connectivity index (χ0n) is 10.7. The molecule has 1 atom stereocenters. The molecule has 1 rings (SSSR count). The Labute approximate surface area is 112 Å². The van der Waals surface area contributed by atoms with Crippen molar-refractivity contribution < 1.29 is 17.9 Å². The van der Waals surface area contributed by atoms with Crippen molar-refractivity contribution in [2.24, 2.45) is 11.5 Å². The van der Waals surface area contributed by atoms with Crippen LogP contribution >= 0.6 is 0 Å². The van der Waals surface area contributed by atoms with Crippen molar-refractivity contribution in [3.05, 3.63) is 24.3 Å². The van der Waals surface area contributed by atoms with Gasteiger partial charge in [0.05, 0.1) is 4.90 Å². The van der Waals surface area contributed by atoms with E-state index in [0.717, 1.165) is 6.26 Å². The van der Waals surface area contributed by atoms with Gasteiger partial charge in [-0.15, -0.1) is 0 Å². The van der Waals surface area contributed by atoms with Crippen LogP contribution in [-0.2, 0) is 14.6 Å². The Kier molecular flexibility index (Phi) is 5.31. The summed E-state index contributed by atoms with van der Waals surface area (Å²) in [4.78, 5) is 10.8. The Morgan fingerprint density at radius 3 is 2.37 bits per heavy atom. The van der Waals surface area contributed by atoms with Gasteiger partial charge in [-0.1, -0.05) is 0 Å². The van der Waals surface area contributed by atoms with Crippen LogP contribution < -0.4 is 16.2 Å². The van der Waals surface area contributed by atoms with Gasteiger partial charge in [0.2, 0.25) is 5.91 Å². The molecule has 0 aliphatic heterocycles. The van der Waals surface area contributed by atoms with Gasteiger partial charge < -0.3 is 16.2 Å². The fourth-order valence-corrected chi connectivity index (χ4v) is 2.03. The van der Waals surface area contributed by atoms with E-state index in [4.69, 9.17) is 16.2 Å². The second-order valence-electron chi connectivity index (χ2n) is 4.32. The van der Waals surface area contributed by atoms with E-state index < -0.39 is 15.7 Å². The minimum absolute atomic E-state index is 0.220. The number of ether oxygens (including phenoxy) is 1. The van der Waals surface area contributed by atoms with Crippen molar-refractivity contribution in [1.29, 1.82) is 0 Å². The molecule has 1 amide bonds. The standard InChI is InChI=1S/C12H18N2O4S/c1-19(16,17)11-5-3-10(4-6-11)18-8-9(13)2-7-12(14)15/h3-6,9H,2,7-8,13H2,1H3,(H2,14,15). The molecular weight excluding hydrogens is 268 g/mol. The molecule has 106 valence electrons. The molecule has 0 aromatic heterocycles. The van der Waals surface area contributed by atoms with Gasteiger partial charge in [0.15, 0.2) is 9.84 Å². The maximum atomic E-state index is 11.3. The van der Waals surface area contributed by atoms with Crippen LogP contribution in [-0.4, -0.2) is 33.2 Å². The Hall–Kier alpha value is -1.60. The van der Waals surface area contributed by atoms with Crippen molar-refractivity contribution in [3.8, 4) is 5.75 Å². The fraction of sp³-hybridized carbons (Fsp3) is 0.417. The Morgan fingerprint density at radius 2 is 1.89 bits per heavy atom. The molecule has 19 heavy (non-hydrogen) atoms. The topological polar surface area (TPSA) is 112 Å². The van der Waals surface area contributed by atoms with Gasteiger partial charge in [-0.25, -0.2) is 8.42 Å². The number of benzene rings is 1. The molecule has 7 heteroatoms. The van der Waals surface area contributed by atoms with E-state index in [9.17, 15) is 13.2 Å². The first-order valence-electron chi connectivity index (χ1n) is 5.76. The van der Waals surface area contributed by atoms with Crippen molar-refractivity contribution in [2.45, 2.75) is 23.8 Å². The quantitative estimate of drug-likeness (QED) is 0.736.